The number of rotatable bonds is 7. The molecule has 8 heteroatoms. The van der Waals surface area contributed by atoms with Crippen molar-refractivity contribution in [2.45, 2.75) is 51.5 Å². The van der Waals surface area contributed by atoms with Crippen molar-refractivity contribution in [1.82, 2.24) is 14.5 Å². The van der Waals surface area contributed by atoms with Crippen molar-refractivity contribution in [3.8, 4) is 5.75 Å². The number of hydrogen-bond donors (Lipinski definition) is 1. The fourth-order valence-corrected chi connectivity index (χ4v) is 6.66. The number of amides is 1. The normalized spacial score (nSPS) is 25.7. The first-order chi connectivity index (χ1) is 14.6. The molecule has 31 heavy (non-hydrogen) atoms. The highest BCUT2D eigenvalue weighted by Gasteiger charge is 2.34. The second kappa shape index (κ2) is 9.88. The lowest BCUT2D eigenvalue weighted by Crippen LogP contribution is -2.42. The largest absolute Gasteiger partial charge is 0.495 e. The van der Waals surface area contributed by atoms with Crippen molar-refractivity contribution < 1.29 is 17.9 Å². The highest BCUT2D eigenvalue weighted by molar-refractivity contribution is 7.89. The monoisotopic (exact) mass is 451 g/mol. The van der Waals surface area contributed by atoms with Gasteiger partial charge in [0.15, 0.2) is 0 Å². The second-order valence-electron chi connectivity index (χ2n) is 9.59. The highest BCUT2D eigenvalue weighted by Crippen LogP contribution is 2.32. The van der Waals surface area contributed by atoms with Gasteiger partial charge in [-0.3, -0.25) is 4.79 Å². The van der Waals surface area contributed by atoms with Gasteiger partial charge in [0.1, 0.15) is 10.6 Å². The maximum absolute atomic E-state index is 13.4. The number of nitrogens with one attached hydrogen (secondary N) is 1. The van der Waals surface area contributed by atoms with Crippen LogP contribution in [-0.4, -0.2) is 69.4 Å². The van der Waals surface area contributed by atoms with Crippen LogP contribution < -0.4 is 10.1 Å². The quantitative estimate of drug-likeness (QED) is 0.690. The summed E-state index contributed by atoms with van der Waals surface area (Å²) in [6.45, 7) is 12.1. The molecule has 2 aliphatic heterocycles. The number of sulfonamides is 1. The van der Waals surface area contributed by atoms with Gasteiger partial charge in [0.2, 0.25) is 10.0 Å². The van der Waals surface area contributed by atoms with Gasteiger partial charge in [-0.2, -0.15) is 4.31 Å². The molecular formula is C23H37N3O4S. The maximum atomic E-state index is 13.4. The van der Waals surface area contributed by atoms with E-state index in [1.54, 1.807) is 12.1 Å². The number of carbonyl (C=O) groups is 1. The number of benzene rings is 1. The molecule has 2 heterocycles. The zero-order valence-corrected chi connectivity index (χ0v) is 20.2. The topological polar surface area (TPSA) is 79.0 Å². The number of methoxy groups -OCH3 is 1. The Morgan fingerprint density at radius 1 is 1.19 bits per heavy atom. The molecule has 2 fully saturated rings. The third-order valence-electron chi connectivity index (χ3n) is 6.48. The summed E-state index contributed by atoms with van der Waals surface area (Å²) in [5.41, 5.74) is 0.344. The van der Waals surface area contributed by atoms with Crippen molar-refractivity contribution in [2.75, 3.05) is 39.8 Å². The molecule has 1 aromatic carbocycles. The predicted octanol–water partition coefficient (Wildman–Crippen LogP) is 2.82. The van der Waals surface area contributed by atoms with E-state index in [4.69, 9.17) is 4.74 Å². The van der Waals surface area contributed by atoms with Crippen molar-refractivity contribution in [1.29, 1.82) is 0 Å². The summed E-state index contributed by atoms with van der Waals surface area (Å²) in [5, 5.41) is 3.00. The molecule has 1 aromatic rings. The van der Waals surface area contributed by atoms with E-state index in [1.165, 1.54) is 17.5 Å². The minimum atomic E-state index is -3.75. The van der Waals surface area contributed by atoms with Crippen molar-refractivity contribution in [3.63, 3.8) is 0 Å². The van der Waals surface area contributed by atoms with Gasteiger partial charge in [-0.1, -0.05) is 13.8 Å². The summed E-state index contributed by atoms with van der Waals surface area (Å²) in [5.74, 6) is 1.04. The van der Waals surface area contributed by atoms with Crippen LogP contribution in [0.5, 0.6) is 5.75 Å². The molecule has 174 valence electrons. The van der Waals surface area contributed by atoms with Gasteiger partial charge in [0.25, 0.3) is 5.91 Å². The van der Waals surface area contributed by atoms with Gasteiger partial charge in [0.05, 0.1) is 7.11 Å². The first-order valence-corrected chi connectivity index (χ1v) is 12.8. The molecule has 0 aromatic heterocycles. The number of carbonyl (C=O) groups excluding carboxylic acids is 1. The molecule has 7 nitrogen and oxygen atoms in total. The average molecular weight is 452 g/mol. The Morgan fingerprint density at radius 3 is 2.45 bits per heavy atom. The molecule has 0 saturated carbocycles. The van der Waals surface area contributed by atoms with Gasteiger partial charge in [-0.05, 0) is 69.2 Å². The maximum Gasteiger partial charge on any atom is 0.251 e. The van der Waals surface area contributed by atoms with Crippen LogP contribution in [0.1, 0.15) is 50.9 Å². The lowest BCUT2D eigenvalue weighted by Gasteiger charge is -2.34. The number of likely N-dealkylation sites (tertiary alicyclic amines) is 1. The lowest BCUT2D eigenvalue weighted by atomic mass is 9.94. The molecule has 1 N–H and O–H groups in total. The fourth-order valence-electron chi connectivity index (χ4n) is 4.80. The van der Waals surface area contributed by atoms with E-state index in [-0.39, 0.29) is 16.6 Å². The SMILES string of the molecule is COc1ccc(C(=O)NCC2CCN(C(C)C)C2)cc1S(=O)(=O)N1CC(C)CC(C)C1. The van der Waals surface area contributed by atoms with Crippen LogP contribution in [0.25, 0.3) is 0 Å². The number of nitrogens with zero attached hydrogens (tertiary/aromatic N) is 2. The highest BCUT2D eigenvalue weighted by atomic mass is 32.2. The van der Waals surface area contributed by atoms with E-state index in [1.807, 2.05) is 0 Å². The van der Waals surface area contributed by atoms with Gasteiger partial charge >= 0.3 is 0 Å². The van der Waals surface area contributed by atoms with Crippen LogP contribution in [0.2, 0.25) is 0 Å². The molecule has 3 rings (SSSR count). The molecular weight excluding hydrogens is 414 g/mol. The van der Waals surface area contributed by atoms with Crippen molar-refractivity contribution in [3.05, 3.63) is 23.8 Å². The van der Waals surface area contributed by atoms with Crippen molar-refractivity contribution >= 4 is 15.9 Å². The van der Waals surface area contributed by atoms with Crippen molar-refractivity contribution in [2.24, 2.45) is 17.8 Å². The summed E-state index contributed by atoms with van der Waals surface area (Å²) in [4.78, 5) is 15.3. The minimum absolute atomic E-state index is 0.0656. The third kappa shape index (κ3) is 5.59. The molecule has 2 saturated heterocycles. The van der Waals surface area contributed by atoms with E-state index >= 15 is 0 Å². The molecule has 2 aliphatic rings. The van der Waals surface area contributed by atoms with E-state index in [0.717, 1.165) is 25.9 Å². The molecule has 3 unspecified atom stereocenters. The summed E-state index contributed by atoms with van der Waals surface area (Å²) in [6, 6.07) is 5.18. The third-order valence-corrected chi connectivity index (χ3v) is 8.33. The molecule has 1 amide bonds. The molecule has 0 spiro atoms. The van der Waals surface area contributed by atoms with Crippen LogP contribution >= 0.6 is 0 Å². The van der Waals surface area contributed by atoms with Crippen LogP contribution in [0.3, 0.4) is 0 Å². The Hall–Kier alpha value is -1.64. The number of piperidine rings is 1. The minimum Gasteiger partial charge on any atom is -0.495 e. The van der Waals surface area contributed by atoms with E-state index in [2.05, 4.69) is 37.9 Å². The second-order valence-corrected chi connectivity index (χ2v) is 11.5. The predicted molar refractivity (Wildman–Crippen MR) is 122 cm³/mol. The zero-order valence-electron chi connectivity index (χ0n) is 19.4. The summed E-state index contributed by atoms with van der Waals surface area (Å²) in [6.07, 6.45) is 2.08. The van der Waals surface area contributed by atoms with E-state index in [0.29, 0.717) is 49.0 Å². The van der Waals surface area contributed by atoms with Gasteiger partial charge in [0, 0.05) is 37.8 Å². The molecule has 3 atom stereocenters. The Kier molecular flexibility index (Phi) is 7.65. The molecule has 0 bridgehead atoms. The van der Waals surface area contributed by atoms with E-state index in [9.17, 15) is 13.2 Å². The van der Waals surface area contributed by atoms with Gasteiger partial charge in [-0.25, -0.2) is 8.42 Å². The summed E-state index contributed by atoms with van der Waals surface area (Å²) < 4.78 is 33.7. The van der Waals surface area contributed by atoms with Crippen LogP contribution in [0, 0.1) is 17.8 Å². The Labute approximate surface area is 187 Å². The molecule has 0 radical (unpaired) electrons. The fraction of sp³-hybridized carbons (Fsp3) is 0.696. The Morgan fingerprint density at radius 2 is 1.87 bits per heavy atom. The molecule has 0 aliphatic carbocycles. The number of ether oxygens (including phenoxy) is 1. The summed E-state index contributed by atoms with van der Waals surface area (Å²) in [7, 11) is -2.30. The van der Waals surface area contributed by atoms with Gasteiger partial charge < -0.3 is 15.0 Å². The van der Waals surface area contributed by atoms with E-state index < -0.39 is 10.0 Å². The Balaban J connectivity index is 1.75. The standard InChI is InChI=1S/C23H37N3O4S/c1-16(2)25-9-8-19(15-25)12-24-23(27)20-6-7-21(30-5)22(11-20)31(28,29)26-13-17(3)10-18(4)14-26/h6-7,11,16-19H,8-10,12-15H2,1-5H3,(H,24,27). The average Bonchev–Trinajstić information content (AvgIpc) is 3.20. The first kappa shape index (κ1) is 24.0. The first-order valence-electron chi connectivity index (χ1n) is 11.3. The number of hydrogen-bond acceptors (Lipinski definition) is 5. The summed E-state index contributed by atoms with van der Waals surface area (Å²) >= 11 is 0. The Bertz CT molecular complexity index is 877. The lowest BCUT2D eigenvalue weighted by molar-refractivity contribution is 0.0947. The zero-order chi connectivity index (χ0) is 22.8. The van der Waals surface area contributed by atoms with Crippen LogP contribution in [-0.2, 0) is 10.0 Å². The smallest absolute Gasteiger partial charge is 0.251 e. The van der Waals surface area contributed by atoms with Crippen LogP contribution in [0.15, 0.2) is 23.1 Å². The van der Waals surface area contributed by atoms with Gasteiger partial charge in [-0.15, -0.1) is 0 Å². The van der Waals surface area contributed by atoms with Crippen LogP contribution in [0.4, 0.5) is 0 Å².